The topological polar surface area (TPSA) is 121 Å². The van der Waals surface area contributed by atoms with E-state index in [4.69, 9.17) is 0 Å². The Morgan fingerprint density at radius 1 is 1.12 bits per heavy atom. The largest absolute Gasteiger partial charge is 0.506 e. The van der Waals surface area contributed by atoms with Crippen LogP contribution in [0.1, 0.15) is 0 Å². The Kier molecular flexibility index (Phi) is 4.27. The maximum atomic E-state index is 12.5. The molecule has 2 N–H and O–H groups in total. The van der Waals surface area contributed by atoms with E-state index in [1.165, 1.54) is 24.3 Å². The summed E-state index contributed by atoms with van der Waals surface area (Å²) in [6.45, 7) is -0.190. The number of aromatic hydroxyl groups is 1. The summed E-state index contributed by atoms with van der Waals surface area (Å²) in [5.74, 6) is -0.520. The Labute approximate surface area is 144 Å². The van der Waals surface area contributed by atoms with E-state index in [-0.39, 0.29) is 22.0 Å². The molecule has 0 radical (unpaired) electrons. The van der Waals surface area contributed by atoms with Crippen LogP contribution in [-0.2, 0) is 24.8 Å². The highest BCUT2D eigenvalue weighted by atomic mass is 32.2. The van der Waals surface area contributed by atoms with Crippen LogP contribution in [0.3, 0.4) is 0 Å². The molecule has 2 aromatic carbocycles. The van der Waals surface area contributed by atoms with Gasteiger partial charge in [0.25, 0.3) is 0 Å². The summed E-state index contributed by atoms with van der Waals surface area (Å²) in [6, 6.07) is 10.1. The summed E-state index contributed by atoms with van der Waals surface area (Å²) in [4.78, 5) is 10.7. The van der Waals surface area contributed by atoms with Gasteiger partial charge in [-0.15, -0.1) is 0 Å². The predicted molar refractivity (Wildman–Crippen MR) is 89.3 cm³/mol. The number of phenolic OH excluding ortho intramolecular Hbond substituents is 1. The fourth-order valence-corrected chi connectivity index (χ4v) is 5.20. The van der Waals surface area contributed by atoms with Crippen molar-refractivity contribution in [1.82, 2.24) is 4.72 Å². The third-order valence-electron chi connectivity index (χ3n) is 3.70. The smallest absolute Gasteiger partial charge is 0.302 e. The molecule has 1 unspecified atom stereocenters. The Morgan fingerprint density at radius 3 is 2.36 bits per heavy atom. The fraction of sp³-hybridized carbons (Fsp3) is 0.133. The SMILES string of the molecule is O=CC1CN(c2ccc(S(=O)(=O)c3ccccc3)cc2O)S(=O)(=O)N1. The number of anilines is 1. The zero-order chi connectivity index (χ0) is 18.2. The van der Waals surface area contributed by atoms with Crippen molar-refractivity contribution in [2.24, 2.45) is 0 Å². The summed E-state index contributed by atoms with van der Waals surface area (Å²) in [5, 5.41) is 10.2. The van der Waals surface area contributed by atoms with Gasteiger partial charge in [-0.3, -0.25) is 4.31 Å². The van der Waals surface area contributed by atoms with Crippen molar-refractivity contribution >= 4 is 32.0 Å². The summed E-state index contributed by atoms with van der Waals surface area (Å²) in [7, 11) is -7.83. The van der Waals surface area contributed by atoms with Crippen LogP contribution >= 0.6 is 0 Å². The Morgan fingerprint density at radius 2 is 1.80 bits per heavy atom. The molecule has 0 spiro atoms. The van der Waals surface area contributed by atoms with E-state index in [1.54, 1.807) is 18.2 Å². The van der Waals surface area contributed by atoms with Crippen LogP contribution < -0.4 is 9.03 Å². The standard InChI is InChI=1S/C15H14N2O6S2/c18-10-11-9-17(25(22,23)16-11)14-7-6-13(8-15(14)19)24(20,21)12-4-2-1-3-5-12/h1-8,10-11,16,19H,9H2. The molecule has 2 aromatic rings. The van der Waals surface area contributed by atoms with Crippen molar-refractivity contribution in [3.05, 3.63) is 48.5 Å². The molecule has 8 nitrogen and oxygen atoms in total. The van der Waals surface area contributed by atoms with Gasteiger partial charge in [0.15, 0.2) is 0 Å². The van der Waals surface area contributed by atoms with Crippen LogP contribution in [0, 0.1) is 0 Å². The van der Waals surface area contributed by atoms with E-state index in [0.29, 0.717) is 6.29 Å². The Bertz CT molecular complexity index is 1020. The molecule has 1 atom stereocenters. The van der Waals surface area contributed by atoms with Crippen LogP contribution in [0.2, 0.25) is 0 Å². The molecule has 1 saturated heterocycles. The summed E-state index contributed by atoms with van der Waals surface area (Å²) >= 11 is 0. The minimum atomic E-state index is -3.98. The van der Waals surface area contributed by atoms with E-state index >= 15 is 0 Å². The van der Waals surface area contributed by atoms with Gasteiger partial charge < -0.3 is 9.90 Å². The van der Waals surface area contributed by atoms with Crippen molar-refractivity contribution < 1.29 is 26.7 Å². The van der Waals surface area contributed by atoms with Gasteiger partial charge in [-0.2, -0.15) is 13.1 Å². The van der Waals surface area contributed by atoms with Gasteiger partial charge in [-0.05, 0) is 24.3 Å². The third-order valence-corrected chi connectivity index (χ3v) is 6.99. The maximum Gasteiger partial charge on any atom is 0.302 e. The van der Waals surface area contributed by atoms with Crippen molar-refractivity contribution in [1.29, 1.82) is 0 Å². The zero-order valence-electron chi connectivity index (χ0n) is 12.7. The van der Waals surface area contributed by atoms with E-state index < -0.39 is 31.8 Å². The van der Waals surface area contributed by atoms with E-state index in [0.717, 1.165) is 10.4 Å². The number of carbonyl (C=O) groups is 1. The molecule has 132 valence electrons. The second-order valence-electron chi connectivity index (χ2n) is 5.36. The first kappa shape index (κ1) is 17.4. The van der Waals surface area contributed by atoms with Crippen molar-refractivity contribution in [3.63, 3.8) is 0 Å². The lowest BCUT2D eigenvalue weighted by atomic mass is 10.2. The first-order chi connectivity index (χ1) is 11.8. The number of carbonyl (C=O) groups excluding carboxylic acids is 1. The highest BCUT2D eigenvalue weighted by molar-refractivity contribution is 7.91. The molecule has 0 aliphatic carbocycles. The highest BCUT2D eigenvalue weighted by Crippen LogP contribution is 2.34. The maximum absolute atomic E-state index is 12.5. The number of sulfone groups is 1. The molecule has 1 heterocycles. The lowest BCUT2D eigenvalue weighted by Gasteiger charge is -2.17. The molecule has 3 rings (SSSR count). The highest BCUT2D eigenvalue weighted by Gasteiger charge is 2.36. The van der Waals surface area contributed by atoms with Crippen LogP contribution in [0.5, 0.6) is 5.75 Å². The molecule has 1 fully saturated rings. The monoisotopic (exact) mass is 382 g/mol. The Balaban J connectivity index is 2.02. The molecule has 1 aliphatic heterocycles. The van der Waals surface area contributed by atoms with Gasteiger partial charge >= 0.3 is 10.2 Å². The number of hydrogen-bond donors (Lipinski definition) is 2. The van der Waals surface area contributed by atoms with Gasteiger partial charge in [-0.1, -0.05) is 18.2 Å². The Hall–Kier alpha value is -2.43. The minimum absolute atomic E-state index is 0.0543. The quantitative estimate of drug-likeness (QED) is 0.741. The molecular weight excluding hydrogens is 368 g/mol. The molecule has 1 aliphatic rings. The van der Waals surface area contributed by atoms with Crippen molar-refractivity contribution in [3.8, 4) is 5.75 Å². The zero-order valence-corrected chi connectivity index (χ0v) is 14.4. The number of nitrogens with one attached hydrogen (secondary N) is 1. The third kappa shape index (κ3) is 3.11. The van der Waals surface area contributed by atoms with Gasteiger partial charge in [0.1, 0.15) is 12.0 Å². The first-order valence-corrected chi connectivity index (χ1v) is 10.1. The molecule has 0 bridgehead atoms. The molecule has 10 heteroatoms. The summed E-state index contributed by atoms with van der Waals surface area (Å²) in [5.41, 5.74) is -0.108. The van der Waals surface area contributed by atoms with Gasteiger partial charge in [0.05, 0.1) is 28.1 Å². The average Bonchev–Trinajstić information content (AvgIpc) is 2.90. The minimum Gasteiger partial charge on any atom is -0.506 e. The number of rotatable bonds is 4. The molecule has 0 saturated carbocycles. The normalized spacial score (nSPS) is 19.7. The molecular formula is C15H14N2O6S2. The van der Waals surface area contributed by atoms with E-state index in [1.807, 2.05) is 0 Å². The molecule has 0 aromatic heterocycles. The van der Waals surface area contributed by atoms with Crippen molar-refractivity contribution in [2.75, 3.05) is 10.8 Å². The number of aldehydes is 1. The molecule has 25 heavy (non-hydrogen) atoms. The lowest BCUT2D eigenvalue weighted by Crippen LogP contribution is -2.30. The summed E-state index contributed by atoms with van der Waals surface area (Å²) in [6.07, 6.45) is 0.447. The average molecular weight is 382 g/mol. The number of hydrogen-bond acceptors (Lipinski definition) is 6. The predicted octanol–water partition coefficient (Wildman–Crippen LogP) is 0.447. The van der Waals surface area contributed by atoms with Crippen LogP contribution in [-0.4, -0.2) is 40.8 Å². The van der Waals surface area contributed by atoms with Crippen LogP contribution in [0.15, 0.2) is 58.3 Å². The van der Waals surface area contributed by atoms with E-state index in [9.17, 15) is 26.7 Å². The molecule has 0 amide bonds. The van der Waals surface area contributed by atoms with Gasteiger partial charge in [0, 0.05) is 6.07 Å². The number of nitrogens with zero attached hydrogens (tertiary/aromatic N) is 1. The van der Waals surface area contributed by atoms with E-state index in [2.05, 4.69) is 4.72 Å². The lowest BCUT2D eigenvalue weighted by molar-refractivity contribution is -0.108. The second kappa shape index (κ2) is 6.14. The van der Waals surface area contributed by atoms with Gasteiger partial charge in [-0.25, -0.2) is 8.42 Å². The first-order valence-electron chi connectivity index (χ1n) is 7.14. The van der Waals surface area contributed by atoms with Crippen LogP contribution in [0.25, 0.3) is 0 Å². The number of benzene rings is 2. The van der Waals surface area contributed by atoms with Crippen molar-refractivity contribution in [2.45, 2.75) is 15.8 Å². The second-order valence-corrected chi connectivity index (χ2v) is 8.94. The number of phenols is 1. The fourth-order valence-electron chi connectivity index (χ4n) is 2.48. The summed E-state index contributed by atoms with van der Waals surface area (Å²) < 4.78 is 52.1. The van der Waals surface area contributed by atoms with Gasteiger partial charge in [0.2, 0.25) is 9.84 Å². The van der Waals surface area contributed by atoms with Crippen LogP contribution in [0.4, 0.5) is 5.69 Å².